The largest absolute Gasteiger partial charge is 0.494 e. The van der Waals surface area contributed by atoms with Crippen LogP contribution in [0.1, 0.15) is 39.5 Å². The van der Waals surface area contributed by atoms with Crippen molar-refractivity contribution in [2.24, 2.45) is 5.92 Å². The maximum absolute atomic E-state index is 15.4. The van der Waals surface area contributed by atoms with Gasteiger partial charge in [0.05, 0.1) is 21.3 Å². The fourth-order valence-electron chi connectivity index (χ4n) is 5.55. The van der Waals surface area contributed by atoms with Gasteiger partial charge in [0, 0.05) is 29.2 Å². The van der Waals surface area contributed by atoms with Gasteiger partial charge in [-0.05, 0) is 54.2 Å². The predicted molar refractivity (Wildman–Crippen MR) is 191 cm³/mol. The van der Waals surface area contributed by atoms with Gasteiger partial charge in [-0.2, -0.15) is 0 Å². The molecule has 0 aliphatic carbocycles. The van der Waals surface area contributed by atoms with E-state index in [2.05, 4.69) is 38.7 Å². The lowest BCUT2D eigenvalue weighted by Gasteiger charge is -2.23. The van der Waals surface area contributed by atoms with Gasteiger partial charge >= 0.3 is 5.97 Å². The molecule has 0 aromatic heterocycles. The van der Waals surface area contributed by atoms with E-state index in [1.54, 1.807) is 31.2 Å². The summed E-state index contributed by atoms with van der Waals surface area (Å²) in [4.78, 5) is 11.6. The van der Waals surface area contributed by atoms with Crippen LogP contribution in [0.25, 0.3) is 33.4 Å². The SMILES string of the molecule is C=C(C)C(=O)OCC(CO)CCCOc1ccc(-c2ccc(-c3ccc(-c4ccc([Si](C)(C)CCCC)cc4)c(F)c3F)cc2)cc1. The predicted octanol–water partition coefficient (Wildman–Crippen LogP) is 9.57. The molecule has 4 aromatic rings. The third-order valence-electron chi connectivity index (χ3n) is 8.68. The third kappa shape index (κ3) is 9.49. The number of aliphatic hydroxyl groups excluding tert-OH is 1. The molecular formula is C40H46F2O4Si. The van der Waals surface area contributed by atoms with E-state index in [-0.39, 0.29) is 30.3 Å². The quantitative estimate of drug-likeness (QED) is 0.0565. The summed E-state index contributed by atoms with van der Waals surface area (Å²) in [6.07, 6.45) is 3.73. The van der Waals surface area contributed by atoms with Crippen molar-refractivity contribution in [2.45, 2.75) is 58.7 Å². The second-order valence-corrected chi connectivity index (χ2v) is 17.7. The summed E-state index contributed by atoms with van der Waals surface area (Å²) in [6, 6.07) is 27.6. The van der Waals surface area contributed by atoms with E-state index in [1.165, 1.54) is 24.1 Å². The minimum atomic E-state index is -1.55. The summed E-state index contributed by atoms with van der Waals surface area (Å²) in [7, 11) is -1.55. The van der Waals surface area contributed by atoms with E-state index in [9.17, 15) is 9.90 Å². The van der Waals surface area contributed by atoms with Crippen molar-refractivity contribution >= 4 is 19.2 Å². The first-order valence-electron chi connectivity index (χ1n) is 16.4. The van der Waals surface area contributed by atoms with Crippen molar-refractivity contribution in [3.63, 3.8) is 0 Å². The molecule has 0 heterocycles. The number of hydrogen-bond acceptors (Lipinski definition) is 4. The van der Waals surface area contributed by atoms with Gasteiger partial charge in [0.15, 0.2) is 11.6 Å². The first-order chi connectivity index (χ1) is 22.5. The number of halogens is 2. The van der Waals surface area contributed by atoms with Crippen LogP contribution in [-0.4, -0.2) is 39.0 Å². The van der Waals surface area contributed by atoms with Crippen molar-refractivity contribution < 1.29 is 28.2 Å². The van der Waals surface area contributed by atoms with Crippen molar-refractivity contribution in [3.8, 4) is 39.1 Å². The average Bonchev–Trinajstić information content (AvgIpc) is 3.08. The topological polar surface area (TPSA) is 55.8 Å². The van der Waals surface area contributed by atoms with Crippen LogP contribution in [-0.2, 0) is 9.53 Å². The molecule has 0 aliphatic heterocycles. The Morgan fingerprint density at radius 1 is 0.809 bits per heavy atom. The van der Waals surface area contributed by atoms with E-state index in [0.29, 0.717) is 41.9 Å². The minimum absolute atomic E-state index is 0.0721. The Morgan fingerprint density at radius 2 is 1.32 bits per heavy atom. The fourth-order valence-corrected chi connectivity index (χ4v) is 8.15. The molecule has 0 spiro atoms. The fraction of sp³-hybridized carbons (Fsp3) is 0.325. The van der Waals surface area contributed by atoms with Gasteiger partial charge in [0.1, 0.15) is 5.75 Å². The lowest BCUT2D eigenvalue weighted by molar-refractivity contribution is -0.140. The van der Waals surface area contributed by atoms with Crippen LogP contribution in [0.15, 0.2) is 97.1 Å². The maximum atomic E-state index is 15.4. The van der Waals surface area contributed by atoms with Gasteiger partial charge in [-0.25, -0.2) is 13.6 Å². The lowest BCUT2D eigenvalue weighted by atomic mass is 9.97. The summed E-state index contributed by atoms with van der Waals surface area (Å²) < 4.78 is 41.7. The van der Waals surface area contributed by atoms with Crippen molar-refractivity contribution in [1.82, 2.24) is 0 Å². The Kier molecular flexibility index (Phi) is 12.7. The lowest BCUT2D eigenvalue weighted by Crippen LogP contribution is -2.40. The highest BCUT2D eigenvalue weighted by molar-refractivity contribution is 6.89. The highest BCUT2D eigenvalue weighted by Gasteiger charge is 2.23. The zero-order chi connectivity index (χ0) is 34.0. The van der Waals surface area contributed by atoms with Gasteiger partial charge in [-0.3, -0.25) is 0 Å². The summed E-state index contributed by atoms with van der Waals surface area (Å²) in [5.74, 6) is -1.58. The zero-order valence-corrected chi connectivity index (χ0v) is 29.0. The normalized spacial score (nSPS) is 12.1. The molecule has 0 fully saturated rings. The molecule has 0 saturated heterocycles. The van der Waals surface area contributed by atoms with Crippen molar-refractivity contribution in [3.05, 3.63) is 109 Å². The van der Waals surface area contributed by atoms with Gasteiger partial charge in [0.2, 0.25) is 0 Å². The highest BCUT2D eigenvalue weighted by atomic mass is 28.3. The Labute approximate surface area is 279 Å². The van der Waals surface area contributed by atoms with Crippen molar-refractivity contribution in [2.75, 3.05) is 19.8 Å². The van der Waals surface area contributed by atoms with E-state index in [4.69, 9.17) is 9.47 Å². The molecule has 4 rings (SSSR count). The number of aliphatic hydroxyl groups is 1. The average molecular weight is 657 g/mol. The monoisotopic (exact) mass is 656 g/mol. The number of rotatable bonds is 16. The minimum Gasteiger partial charge on any atom is -0.494 e. The number of carbonyl (C=O) groups excluding carboxylic acids is 1. The molecule has 1 atom stereocenters. The van der Waals surface area contributed by atoms with Crippen LogP contribution in [0.3, 0.4) is 0 Å². The molecule has 1 unspecified atom stereocenters. The smallest absolute Gasteiger partial charge is 0.333 e. The molecule has 0 bridgehead atoms. The molecular weight excluding hydrogens is 611 g/mol. The molecule has 4 nitrogen and oxygen atoms in total. The first kappa shape index (κ1) is 35.8. The van der Waals surface area contributed by atoms with E-state index >= 15 is 8.78 Å². The van der Waals surface area contributed by atoms with E-state index in [1.807, 2.05) is 48.5 Å². The second-order valence-electron chi connectivity index (χ2n) is 12.9. The van der Waals surface area contributed by atoms with Gasteiger partial charge in [-0.15, -0.1) is 0 Å². The molecule has 47 heavy (non-hydrogen) atoms. The molecule has 1 N–H and O–H groups in total. The van der Waals surface area contributed by atoms with E-state index in [0.717, 1.165) is 11.1 Å². The summed E-state index contributed by atoms with van der Waals surface area (Å²) in [5, 5.41) is 10.9. The van der Waals surface area contributed by atoms with Crippen molar-refractivity contribution in [1.29, 1.82) is 0 Å². The van der Waals surface area contributed by atoms with Gasteiger partial charge in [0.25, 0.3) is 0 Å². The van der Waals surface area contributed by atoms with Crippen LogP contribution in [0.2, 0.25) is 19.1 Å². The number of ether oxygens (including phenoxy) is 2. The van der Waals surface area contributed by atoms with Crippen LogP contribution in [0.4, 0.5) is 8.78 Å². The molecule has 0 aliphatic rings. The van der Waals surface area contributed by atoms with Gasteiger partial charge < -0.3 is 14.6 Å². The molecule has 0 radical (unpaired) electrons. The molecule has 248 valence electrons. The summed E-state index contributed by atoms with van der Waals surface area (Å²) in [5.41, 5.74) is 4.01. The Hall–Kier alpha value is -4.07. The molecule has 7 heteroatoms. The number of carbonyl (C=O) groups is 1. The van der Waals surface area contributed by atoms with Gasteiger partial charge in [-0.1, -0.05) is 123 Å². The number of esters is 1. The summed E-state index contributed by atoms with van der Waals surface area (Å²) >= 11 is 0. The Morgan fingerprint density at radius 3 is 1.83 bits per heavy atom. The number of unbranched alkanes of at least 4 members (excludes halogenated alkanes) is 1. The number of benzene rings is 4. The van der Waals surface area contributed by atoms with Crippen LogP contribution >= 0.6 is 0 Å². The Bertz CT molecular complexity index is 1630. The molecule has 0 saturated carbocycles. The van der Waals surface area contributed by atoms with Crippen LogP contribution in [0, 0.1) is 17.6 Å². The highest BCUT2D eigenvalue weighted by Crippen LogP contribution is 2.33. The van der Waals surface area contributed by atoms with Crippen LogP contribution < -0.4 is 9.92 Å². The first-order valence-corrected chi connectivity index (χ1v) is 19.6. The Balaban J connectivity index is 1.35. The third-order valence-corrected chi connectivity index (χ3v) is 12.2. The van der Waals surface area contributed by atoms with Crippen LogP contribution in [0.5, 0.6) is 5.75 Å². The van der Waals surface area contributed by atoms with E-state index < -0.39 is 25.7 Å². The molecule has 0 amide bonds. The second kappa shape index (κ2) is 16.7. The number of hydrogen-bond donors (Lipinski definition) is 1. The standard InChI is InChI=1S/C40H46F2O4Si/c1-6-7-25-47(4,5)35-20-16-33(17-21-35)37-23-22-36(38(41)39(37)42)32-12-10-30(11-13-32)31-14-18-34(19-15-31)45-24-8-9-29(26-43)27-46-40(44)28(2)3/h10-23,29,43H,2,6-9,24-27H2,1,3-5H3. The maximum Gasteiger partial charge on any atom is 0.333 e. The molecule has 4 aromatic carbocycles. The summed E-state index contributed by atoms with van der Waals surface area (Å²) in [6.45, 7) is 12.6. The zero-order valence-electron chi connectivity index (χ0n) is 28.0.